The fourth-order valence-corrected chi connectivity index (χ4v) is 7.10. The van der Waals surface area contributed by atoms with Crippen LogP contribution < -0.4 is 19.6 Å². The second-order valence-electron chi connectivity index (χ2n) is 10.9. The van der Waals surface area contributed by atoms with E-state index in [1.165, 1.54) is 17.4 Å². The van der Waals surface area contributed by atoms with Crippen LogP contribution in [0.2, 0.25) is 0 Å². The van der Waals surface area contributed by atoms with Gasteiger partial charge in [0.25, 0.3) is 17.2 Å². The number of nitro groups is 1. The number of furan rings is 1. The van der Waals surface area contributed by atoms with E-state index in [9.17, 15) is 19.7 Å². The van der Waals surface area contributed by atoms with Crippen LogP contribution in [0.5, 0.6) is 5.75 Å². The summed E-state index contributed by atoms with van der Waals surface area (Å²) in [6.45, 7) is 8.33. The van der Waals surface area contributed by atoms with Crippen LogP contribution in [-0.4, -0.2) is 40.5 Å². The number of hydrogen-bond acceptors (Lipinski definition) is 8. The zero-order valence-corrected chi connectivity index (χ0v) is 26.9. The predicted molar refractivity (Wildman–Crippen MR) is 178 cm³/mol. The Labute approximate surface area is 268 Å². The molecule has 6 rings (SSSR count). The minimum Gasteiger partial charge on any atom is -0.496 e. The van der Waals surface area contributed by atoms with Gasteiger partial charge in [0.2, 0.25) is 0 Å². The highest BCUT2D eigenvalue weighted by molar-refractivity contribution is 7.07. The molecule has 0 unspecified atom stereocenters. The van der Waals surface area contributed by atoms with Gasteiger partial charge in [0.05, 0.1) is 27.8 Å². The van der Waals surface area contributed by atoms with Crippen molar-refractivity contribution in [2.24, 2.45) is 4.99 Å². The molecule has 1 aliphatic heterocycles. The van der Waals surface area contributed by atoms with Gasteiger partial charge in [0, 0.05) is 41.9 Å². The van der Waals surface area contributed by atoms with E-state index in [1.807, 2.05) is 50.2 Å². The highest BCUT2D eigenvalue weighted by Crippen LogP contribution is 2.40. The molecule has 3 heterocycles. The molecule has 1 aliphatic rings. The Kier molecular flexibility index (Phi) is 8.18. The summed E-state index contributed by atoms with van der Waals surface area (Å²) in [5.74, 6) is 1.21. The molecule has 0 bridgehead atoms. The second-order valence-corrected chi connectivity index (χ2v) is 11.9. The number of nitro benzene ring substituents is 1. The Morgan fingerprint density at radius 2 is 1.85 bits per heavy atom. The van der Waals surface area contributed by atoms with Gasteiger partial charge in [-0.1, -0.05) is 53.8 Å². The maximum atomic E-state index is 14.3. The average molecular weight is 637 g/mol. The molecule has 234 valence electrons. The summed E-state index contributed by atoms with van der Waals surface area (Å²) < 4.78 is 13.9. The zero-order valence-electron chi connectivity index (χ0n) is 26.1. The molecule has 2 aromatic heterocycles. The van der Waals surface area contributed by atoms with Crippen LogP contribution in [0.4, 0.5) is 5.69 Å². The van der Waals surface area contributed by atoms with Crippen LogP contribution in [0.25, 0.3) is 28.2 Å². The molecule has 0 saturated heterocycles. The number of likely N-dealkylation sites (N-methyl/N-ethyl adjacent to an activating group) is 1. The number of carbonyl (C=O) groups excluding carboxylic acids is 1. The molecule has 0 saturated carbocycles. The Hall–Kier alpha value is -5.29. The molecule has 10 nitrogen and oxygen atoms in total. The number of nitrogens with zero attached hydrogens (tertiary/aromatic N) is 4. The number of hydrogen-bond donors (Lipinski definition) is 0. The van der Waals surface area contributed by atoms with Crippen molar-refractivity contribution in [3.8, 4) is 17.1 Å². The number of thiazole rings is 1. The molecule has 0 fully saturated rings. The molecule has 0 radical (unpaired) electrons. The predicted octanol–water partition coefficient (Wildman–Crippen LogP) is 5.74. The SMILES string of the molecule is CCN(CC)C(=O)C1=C(C)N=c2s/c(=C/c3ccc(-c4cccc([N+](=O)[O-])c4C)o3)c(=O)n2[C@H]1c1c(OC)ccc2ccccc12. The summed E-state index contributed by atoms with van der Waals surface area (Å²) in [6, 6.07) is 19.1. The summed E-state index contributed by atoms with van der Waals surface area (Å²) in [5.41, 5.74) is 2.40. The first-order valence-electron chi connectivity index (χ1n) is 14.9. The molecule has 1 amide bonds. The van der Waals surface area contributed by atoms with Crippen molar-refractivity contribution >= 4 is 39.8 Å². The third kappa shape index (κ3) is 5.12. The molecule has 3 aromatic carbocycles. The highest BCUT2D eigenvalue weighted by atomic mass is 32.1. The number of methoxy groups -OCH3 is 1. The van der Waals surface area contributed by atoms with Crippen LogP contribution in [0.15, 0.2) is 92.2 Å². The number of aromatic nitrogens is 1. The van der Waals surface area contributed by atoms with Crippen LogP contribution >= 0.6 is 11.3 Å². The zero-order chi connectivity index (χ0) is 32.7. The number of amides is 1. The van der Waals surface area contributed by atoms with Crippen LogP contribution in [-0.2, 0) is 4.79 Å². The van der Waals surface area contributed by atoms with Crippen molar-refractivity contribution in [1.29, 1.82) is 0 Å². The quantitative estimate of drug-likeness (QED) is 0.158. The molecule has 11 heteroatoms. The Morgan fingerprint density at radius 3 is 2.57 bits per heavy atom. The normalized spacial score (nSPS) is 14.7. The van der Waals surface area contributed by atoms with Gasteiger partial charge in [-0.05, 0) is 56.7 Å². The number of carbonyl (C=O) groups is 1. The number of fused-ring (bicyclic) bond motifs is 2. The second kappa shape index (κ2) is 12.2. The van der Waals surface area contributed by atoms with Gasteiger partial charge in [-0.2, -0.15) is 0 Å². The van der Waals surface area contributed by atoms with Gasteiger partial charge in [0.1, 0.15) is 23.3 Å². The van der Waals surface area contributed by atoms with Gasteiger partial charge in [-0.25, -0.2) is 4.99 Å². The van der Waals surface area contributed by atoms with Crippen molar-refractivity contribution in [1.82, 2.24) is 9.47 Å². The largest absolute Gasteiger partial charge is 0.496 e. The smallest absolute Gasteiger partial charge is 0.273 e. The third-order valence-electron chi connectivity index (χ3n) is 8.39. The van der Waals surface area contributed by atoms with Gasteiger partial charge >= 0.3 is 0 Å². The van der Waals surface area contributed by atoms with Crippen molar-refractivity contribution in [2.45, 2.75) is 33.7 Å². The lowest BCUT2D eigenvalue weighted by Crippen LogP contribution is -2.43. The lowest BCUT2D eigenvalue weighted by atomic mass is 9.90. The standard InChI is InChI=1S/C35H32N4O6S/c1-6-37(7-2)34(41)30-21(4)36-35-38(32(30)31-25-12-9-8-11-22(25)15-17-28(31)44-5)33(40)29(46-35)19-23-16-18-27(45-23)24-13-10-14-26(20(24)3)39(42)43/h8-19,32H,6-7H2,1-5H3/b29-19+/t32-/m1/s1. The monoisotopic (exact) mass is 636 g/mol. The fourth-order valence-electron chi connectivity index (χ4n) is 6.08. The van der Waals surface area contributed by atoms with Crippen molar-refractivity contribution in [3.63, 3.8) is 0 Å². The number of allylic oxidation sites excluding steroid dienone is 1. The van der Waals surface area contributed by atoms with E-state index in [4.69, 9.17) is 14.1 Å². The van der Waals surface area contributed by atoms with Gasteiger partial charge in [0.15, 0.2) is 4.80 Å². The van der Waals surface area contributed by atoms with Crippen molar-refractivity contribution in [2.75, 3.05) is 20.2 Å². The molecule has 0 N–H and O–H groups in total. The van der Waals surface area contributed by atoms with Crippen molar-refractivity contribution in [3.05, 3.63) is 125 Å². The maximum absolute atomic E-state index is 14.3. The third-order valence-corrected chi connectivity index (χ3v) is 9.38. The molecular weight excluding hydrogens is 604 g/mol. The number of benzene rings is 3. The van der Waals surface area contributed by atoms with Crippen LogP contribution in [0, 0.1) is 17.0 Å². The lowest BCUT2D eigenvalue weighted by Gasteiger charge is -2.30. The summed E-state index contributed by atoms with van der Waals surface area (Å²) >= 11 is 1.21. The van der Waals surface area contributed by atoms with E-state index in [-0.39, 0.29) is 17.2 Å². The Balaban J connectivity index is 1.56. The summed E-state index contributed by atoms with van der Waals surface area (Å²) in [6.07, 6.45) is 1.64. The van der Waals surface area contributed by atoms with Gasteiger partial charge in [-0.3, -0.25) is 24.3 Å². The Morgan fingerprint density at radius 1 is 1.09 bits per heavy atom. The summed E-state index contributed by atoms with van der Waals surface area (Å²) in [7, 11) is 1.58. The molecular formula is C35H32N4O6S. The minimum atomic E-state index is -0.799. The van der Waals surface area contributed by atoms with E-state index >= 15 is 0 Å². The number of rotatable bonds is 8. The molecule has 1 atom stereocenters. The first kappa shape index (κ1) is 30.7. The van der Waals surface area contributed by atoms with E-state index in [0.29, 0.717) is 67.7 Å². The van der Waals surface area contributed by atoms with E-state index in [0.717, 1.165) is 10.8 Å². The molecule has 5 aromatic rings. The van der Waals surface area contributed by atoms with E-state index in [1.54, 1.807) is 60.8 Å². The fraction of sp³-hybridized carbons (Fsp3) is 0.229. The maximum Gasteiger partial charge on any atom is 0.273 e. The van der Waals surface area contributed by atoms with E-state index in [2.05, 4.69) is 0 Å². The number of ether oxygens (including phenoxy) is 1. The average Bonchev–Trinajstić information content (AvgIpc) is 3.64. The van der Waals surface area contributed by atoms with Crippen molar-refractivity contribution < 1.29 is 18.9 Å². The minimum absolute atomic E-state index is 0.00180. The topological polar surface area (TPSA) is 120 Å². The Bertz CT molecular complexity index is 2240. The first-order valence-corrected chi connectivity index (χ1v) is 15.7. The highest BCUT2D eigenvalue weighted by Gasteiger charge is 2.36. The lowest BCUT2D eigenvalue weighted by molar-refractivity contribution is -0.385. The summed E-state index contributed by atoms with van der Waals surface area (Å²) in [4.78, 5) is 46.5. The molecule has 46 heavy (non-hydrogen) atoms. The van der Waals surface area contributed by atoms with Crippen LogP contribution in [0.3, 0.4) is 0 Å². The van der Waals surface area contributed by atoms with E-state index < -0.39 is 11.0 Å². The van der Waals surface area contributed by atoms with Gasteiger partial charge < -0.3 is 14.1 Å². The molecule has 0 aliphatic carbocycles. The first-order chi connectivity index (χ1) is 22.2. The summed E-state index contributed by atoms with van der Waals surface area (Å²) in [5, 5.41) is 13.3. The molecule has 0 spiro atoms. The van der Waals surface area contributed by atoms with Crippen LogP contribution in [0.1, 0.15) is 43.7 Å². The van der Waals surface area contributed by atoms with Gasteiger partial charge in [-0.15, -0.1) is 0 Å².